The number of hydrogen-bond acceptors (Lipinski definition) is 3. The van der Waals surface area contributed by atoms with Gasteiger partial charge in [-0.15, -0.1) is 0 Å². The standard InChI is InChI=1S/C12H18BrN3/c1-15(2)9-11-4-3-7-16(11)12-6-5-10(13)8-14-12/h5-6,8,11H,3-4,7,9H2,1-2H3. The van der Waals surface area contributed by atoms with Crippen LogP contribution < -0.4 is 4.90 Å². The molecule has 88 valence electrons. The molecule has 1 unspecified atom stereocenters. The monoisotopic (exact) mass is 283 g/mol. The van der Waals surface area contributed by atoms with Crippen molar-refractivity contribution in [3.05, 3.63) is 22.8 Å². The fourth-order valence-electron chi connectivity index (χ4n) is 2.29. The Morgan fingerprint density at radius 1 is 1.50 bits per heavy atom. The van der Waals surface area contributed by atoms with Crippen LogP contribution in [-0.2, 0) is 0 Å². The Hall–Kier alpha value is -0.610. The summed E-state index contributed by atoms with van der Waals surface area (Å²) >= 11 is 3.42. The lowest BCUT2D eigenvalue weighted by atomic mass is 10.2. The van der Waals surface area contributed by atoms with Crippen LogP contribution in [-0.4, -0.2) is 43.1 Å². The van der Waals surface area contributed by atoms with Gasteiger partial charge in [0.1, 0.15) is 5.82 Å². The molecule has 3 nitrogen and oxygen atoms in total. The second-order valence-corrected chi connectivity index (χ2v) is 5.50. The highest BCUT2D eigenvalue weighted by atomic mass is 79.9. The van der Waals surface area contributed by atoms with Gasteiger partial charge in [-0.2, -0.15) is 0 Å². The molecule has 0 radical (unpaired) electrons. The predicted octanol–water partition coefficient (Wildman–Crippen LogP) is 2.37. The number of rotatable bonds is 3. The third-order valence-electron chi connectivity index (χ3n) is 2.96. The topological polar surface area (TPSA) is 19.4 Å². The molecule has 0 spiro atoms. The first-order chi connectivity index (χ1) is 7.66. The Balaban J connectivity index is 2.10. The van der Waals surface area contributed by atoms with E-state index in [1.807, 2.05) is 6.20 Å². The minimum absolute atomic E-state index is 0.615. The zero-order valence-corrected chi connectivity index (χ0v) is 11.4. The van der Waals surface area contributed by atoms with Gasteiger partial charge in [-0.1, -0.05) is 0 Å². The van der Waals surface area contributed by atoms with E-state index in [2.05, 4.69) is 56.9 Å². The van der Waals surface area contributed by atoms with Crippen molar-refractivity contribution in [1.29, 1.82) is 0 Å². The maximum absolute atomic E-state index is 4.48. The lowest BCUT2D eigenvalue weighted by Crippen LogP contribution is -2.37. The summed E-state index contributed by atoms with van der Waals surface area (Å²) < 4.78 is 1.04. The number of aromatic nitrogens is 1. The van der Waals surface area contributed by atoms with Crippen LogP contribution >= 0.6 is 15.9 Å². The van der Waals surface area contributed by atoms with Crippen molar-refractivity contribution in [3.63, 3.8) is 0 Å². The van der Waals surface area contributed by atoms with Gasteiger partial charge < -0.3 is 9.80 Å². The van der Waals surface area contributed by atoms with E-state index in [1.165, 1.54) is 12.8 Å². The van der Waals surface area contributed by atoms with Crippen molar-refractivity contribution in [1.82, 2.24) is 9.88 Å². The second-order valence-electron chi connectivity index (χ2n) is 4.59. The van der Waals surface area contributed by atoms with Gasteiger partial charge in [0.05, 0.1) is 0 Å². The zero-order chi connectivity index (χ0) is 11.5. The van der Waals surface area contributed by atoms with E-state index in [0.717, 1.165) is 23.4 Å². The van der Waals surface area contributed by atoms with E-state index in [-0.39, 0.29) is 0 Å². The molecule has 1 aromatic heterocycles. The lowest BCUT2D eigenvalue weighted by molar-refractivity contribution is 0.371. The summed E-state index contributed by atoms with van der Waals surface area (Å²) in [5.41, 5.74) is 0. The van der Waals surface area contributed by atoms with E-state index in [4.69, 9.17) is 0 Å². The largest absolute Gasteiger partial charge is 0.352 e. The van der Waals surface area contributed by atoms with E-state index in [1.54, 1.807) is 0 Å². The second kappa shape index (κ2) is 5.15. The predicted molar refractivity (Wildman–Crippen MR) is 70.9 cm³/mol. The van der Waals surface area contributed by atoms with Gasteiger partial charge in [0, 0.05) is 29.8 Å². The molecule has 0 amide bonds. The van der Waals surface area contributed by atoms with Crippen molar-refractivity contribution < 1.29 is 0 Å². The van der Waals surface area contributed by atoms with Crippen LogP contribution in [0, 0.1) is 0 Å². The fourth-order valence-corrected chi connectivity index (χ4v) is 2.52. The Bertz CT molecular complexity index is 337. The number of hydrogen-bond donors (Lipinski definition) is 0. The molecule has 0 aliphatic carbocycles. The summed E-state index contributed by atoms with van der Waals surface area (Å²) in [7, 11) is 4.26. The molecule has 1 fully saturated rings. The van der Waals surface area contributed by atoms with Crippen LogP contribution in [0.4, 0.5) is 5.82 Å². The quantitative estimate of drug-likeness (QED) is 0.849. The molecule has 0 aromatic carbocycles. The van der Waals surface area contributed by atoms with Crippen molar-refractivity contribution in [2.45, 2.75) is 18.9 Å². The molecule has 1 saturated heterocycles. The Labute approximate surface area is 106 Å². The smallest absolute Gasteiger partial charge is 0.128 e. The van der Waals surface area contributed by atoms with Gasteiger partial charge in [-0.3, -0.25) is 0 Å². The number of nitrogens with zero attached hydrogens (tertiary/aromatic N) is 3. The van der Waals surface area contributed by atoms with Crippen LogP contribution in [0.25, 0.3) is 0 Å². The highest BCUT2D eigenvalue weighted by molar-refractivity contribution is 9.10. The molecule has 16 heavy (non-hydrogen) atoms. The minimum Gasteiger partial charge on any atom is -0.352 e. The van der Waals surface area contributed by atoms with E-state index in [0.29, 0.717) is 6.04 Å². The maximum atomic E-state index is 4.48. The van der Waals surface area contributed by atoms with E-state index >= 15 is 0 Å². The number of halogens is 1. The van der Waals surface area contributed by atoms with Crippen LogP contribution in [0.2, 0.25) is 0 Å². The molecule has 0 bridgehead atoms. The third kappa shape index (κ3) is 2.74. The van der Waals surface area contributed by atoms with E-state index in [9.17, 15) is 0 Å². The first-order valence-corrected chi connectivity index (χ1v) is 6.49. The van der Waals surface area contributed by atoms with Gasteiger partial charge >= 0.3 is 0 Å². The van der Waals surface area contributed by atoms with Gasteiger partial charge in [-0.05, 0) is 55.0 Å². The van der Waals surface area contributed by atoms with Crippen LogP contribution in [0.3, 0.4) is 0 Å². The van der Waals surface area contributed by atoms with Crippen molar-refractivity contribution in [2.75, 3.05) is 32.1 Å². The molecule has 2 rings (SSSR count). The number of pyridine rings is 1. The highest BCUT2D eigenvalue weighted by Crippen LogP contribution is 2.24. The molecule has 2 heterocycles. The van der Waals surface area contributed by atoms with Crippen LogP contribution in [0.1, 0.15) is 12.8 Å². The van der Waals surface area contributed by atoms with Crippen molar-refractivity contribution in [2.24, 2.45) is 0 Å². The molecule has 1 aliphatic rings. The van der Waals surface area contributed by atoms with Crippen LogP contribution in [0.15, 0.2) is 22.8 Å². The number of likely N-dealkylation sites (N-methyl/N-ethyl adjacent to an activating group) is 1. The molecule has 0 saturated carbocycles. The Kier molecular flexibility index (Phi) is 3.82. The van der Waals surface area contributed by atoms with Gasteiger partial charge in [0.25, 0.3) is 0 Å². The zero-order valence-electron chi connectivity index (χ0n) is 9.86. The average Bonchev–Trinajstić information content (AvgIpc) is 2.66. The minimum atomic E-state index is 0.615. The van der Waals surface area contributed by atoms with Gasteiger partial charge in [0.2, 0.25) is 0 Å². The molecule has 0 N–H and O–H groups in total. The van der Waals surface area contributed by atoms with Crippen LogP contribution in [0.5, 0.6) is 0 Å². The first-order valence-electron chi connectivity index (χ1n) is 5.70. The van der Waals surface area contributed by atoms with Gasteiger partial charge in [-0.25, -0.2) is 4.98 Å². The molecule has 1 atom stereocenters. The number of anilines is 1. The first kappa shape index (κ1) is 11.9. The Morgan fingerprint density at radius 2 is 2.31 bits per heavy atom. The van der Waals surface area contributed by atoms with Crippen molar-refractivity contribution >= 4 is 21.7 Å². The highest BCUT2D eigenvalue weighted by Gasteiger charge is 2.25. The SMILES string of the molecule is CN(C)CC1CCCN1c1ccc(Br)cn1. The molecule has 4 heteroatoms. The Morgan fingerprint density at radius 3 is 2.94 bits per heavy atom. The average molecular weight is 284 g/mol. The molecular weight excluding hydrogens is 266 g/mol. The third-order valence-corrected chi connectivity index (χ3v) is 3.43. The van der Waals surface area contributed by atoms with Crippen molar-refractivity contribution in [3.8, 4) is 0 Å². The molecular formula is C12H18BrN3. The normalized spacial score (nSPS) is 20.8. The van der Waals surface area contributed by atoms with Gasteiger partial charge in [0.15, 0.2) is 0 Å². The van der Waals surface area contributed by atoms with E-state index < -0.39 is 0 Å². The summed E-state index contributed by atoms with van der Waals surface area (Å²) in [5, 5.41) is 0. The summed E-state index contributed by atoms with van der Waals surface area (Å²) in [4.78, 5) is 9.15. The summed E-state index contributed by atoms with van der Waals surface area (Å²) in [5.74, 6) is 1.10. The maximum Gasteiger partial charge on any atom is 0.128 e. The summed E-state index contributed by atoms with van der Waals surface area (Å²) in [6.07, 6.45) is 4.42. The fraction of sp³-hybridized carbons (Fsp3) is 0.583. The summed E-state index contributed by atoms with van der Waals surface area (Å²) in [6, 6.07) is 4.77. The molecule has 1 aliphatic heterocycles. The lowest BCUT2D eigenvalue weighted by Gasteiger charge is -2.28. The molecule has 1 aromatic rings. The summed E-state index contributed by atoms with van der Waals surface area (Å²) in [6.45, 7) is 2.24.